The Balaban J connectivity index is 0.000000496. The van der Waals surface area contributed by atoms with E-state index in [-0.39, 0.29) is 30.1 Å². The maximum atomic E-state index is 12.0. The van der Waals surface area contributed by atoms with Crippen LogP contribution in [0.25, 0.3) is 0 Å². The average molecular weight is 1170 g/mol. The molecule has 0 aromatic carbocycles. The summed E-state index contributed by atoms with van der Waals surface area (Å²) in [6.45, 7) is 71.1. The van der Waals surface area contributed by atoms with Gasteiger partial charge < -0.3 is 38.7 Å². The van der Waals surface area contributed by atoms with Crippen LogP contribution in [0.5, 0.6) is 0 Å². The van der Waals surface area contributed by atoms with E-state index >= 15 is 0 Å². The Morgan fingerprint density at radius 2 is 0.744 bits per heavy atom. The van der Waals surface area contributed by atoms with Gasteiger partial charge >= 0.3 is 12.2 Å². The van der Waals surface area contributed by atoms with Crippen molar-refractivity contribution in [2.24, 2.45) is 5.92 Å². The summed E-state index contributed by atoms with van der Waals surface area (Å²) in [7, 11) is 3.96. The highest BCUT2D eigenvalue weighted by atomic mass is 16.6. The first kappa shape index (κ1) is 77.1. The maximum Gasteiger partial charge on any atom is 0.410 e. The van der Waals surface area contributed by atoms with Crippen molar-refractivity contribution in [3.05, 3.63) is 0 Å². The molecule has 1 atom stereocenters. The van der Waals surface area contributed by atoms with Crippen LogP contribution in [0.4, 0.5) is 9.59 Å². The molecule has 6 heterocycles. The van der Waals surface area contributed by atoms with Crippen molar-refractivity contribution in [1.29, 1.82) is 0 Å². The molecule has 82 heavy (non-hydrogen) atoms. The van der Waals surface area contributed by atoms with E-state index in [1.54, 1.807) is 18.9 Å². The summed E-state index contributed by atoms with van der Waals surface area (Å²) in [5, 5.41) is 0. The highest BCUT2D eigenvalue weighted by molar-refractivity contribution is 5.78. The number of rotatable bonds is 10. The third kappa shape index (κ3) is 32.0. The Hall–Kier alpha value is -2.88. The summed E-state index contributed by atoms with van der Waals surface area (Å²) in [6.07, 6.45) is -0.371. The molecule has 0 aliphatic carbocycles. The minimum Gasteiger partial charge on any atom is -0.444 e. The Morgan fingerprint density at radius 1 is 0.427 bits per heavy atom. The number of nitrogens with zero attached hydrogens (tertiary/aromatic N) is 12. The monoisotopic (exact) mass is 1170 g/mol. The molecule has 0 aromatic heterocycles. The van der Waals surface area contributed by atoms with Crippen LogP contribution in [0.3, 0.4) is 0 Å². The van der Waals surface area contributed by atoms with Crippen molar-refractivity contribution < 1.29 is 33.4 Å². The van der Waals surface area contributed by atoms with Crippen LogP contribution in [-0.2, 0) is 23.8 Å². The lowest BCUT2D eigenvalue weighted by Crippen LogP contribution is -2.56. The van der Waals surface area contributed by atoms with Crippen LogP contribution < -0.4 is 0 Å². The number of carbonyl (C=O) groups is 4. The number of likely N-dealkylation sites (N-methyl/N-ethyl adjacent to an activating group) is 1. The van der Waals surface area contributed by atoms with Gasteiger partial charge in [0.25, 0.3) is 0 Å². The zero-order valence-electron chi connectivity index (χ0n) is 57.5. The Bertz CT molecular complexity index is 1720. The zero-order chi connectivity index (χ0) is 62.7. The molecule has 6 saturated heterocycles. The van der Waals surface area contributed by atoms with Gasteiger partial charge in [-0.2, -0.15) is 0 Å². The third-order valence-electron chi connectivity index (χ3n) is 16.1. The van der Waals surface area contributed by atoms with Gasteiger partial charge in [0.15, 0.2) is 0 Å². The molecule has 0 spiro atoms. The van der Waals surface area contributed by atoms with Gasteiger partial charge in [-0.3, -0.25) is 43.9 Å². The van der Waals surface area contributed by atoms with E-state index < -0.39 is 11.2 Å². The van der Waals surface area contributed by atoms with E-state index in [4.69, 9.17) is 14.2 Å². The number of piperazine rings is 6. The van der Waals surface area contributed by atoms with E-state index in [1.807, 2.05) is 70.1 Å². The topological polar surface area (TPSA) is 135 Å². The molecule has 19 heteroatoms. The average Bonchev–Trinajstić information content (AvgIpc) is 3.40. The molecular formula is C63H130N12O7. The molecule has 6 aliphatic heterocycles. The van der Waals surface area contributed by atoms with Crippen molar-refractivity contribution in [2.45, 2.75) is 206 Å². The van der Waals surface area contributed by atoms with Gasteiger partial charge in [0.2, 0.25) is 11.8 Å². The van der Waals surface area contributed by atoms with Crippen LogP contribution in [0.2, 0.25) is 0 Å². The van der Waals surface area contributed by atoms with Gasteiger partial charge in [0.1, 0.15) is 11.2 Å². The van der Waals surface area contributed by atoms with E-state index in [0.29, 0.717) is 36.1 Å². The predicted molar refractivity (Wildman–Crippen MR) is 340 cm³/mol. The Morgan fingerprint density at radius 3 is 1.06 bits per heavy atom. The molecule has 19 nitrogen and oxygen atoms in total. The molecular weight excluding hydrogens is 1040 g/mol. The lowest BCUT2D eigenvalue weighted by Gasteiger charge is -2.41. The summed E-state index contributed by atoms with van der Waals surface area (Å²) in [4.78, 5) is 73.5. The molecule has 0 N–H and O–H groups in total. The molecule has 0 radical (unpaired) electrons. The Kier molecular flexibility index (Phi) is 36.7. The quantitative estimate of drug-likeness (QED) is 0.216. The van der Waals surface area contributed by atoms with Gasteiger partial charge in [0, 0.05) is 219 Å². The molecule has 6 rings (SSSR count). The molecule has 1 unspecified atom stereocenters. The molecule has 0 aromatic rings. The minimum atomic E-state index is -0.411. The third-order valence-corrected chi connectivity index (χ3v) is 16.1. The maximum absolute atomic E-state index is 12.0. The first-order chi connectivity index (χ1) is 38.1. The fourth-order valence-electron chi connectivity index (χ4n) is 10.2. The van der Waals surface area contributed by atoms with Crippen molar-refractivity contribution in [2.75, 3.05) is 178 Å². The number of carbonyl (C=O) groups excluding carboxylic acids is 4. The van der Waals surface area contributed by atoms with Gasteiger partial charge in [-0.25, -0.2) is 9.59 Å². The summed E-state index contributed by atoms with van der Waals surface area (Å²) in [5.74, 6) is 0.646. The number of hydrogen-bond donors (Lipinski definition) is 0. The second-order valence-corrected chi connectivity index (χ2v) is 27.4. The fourth-order valence-corrected chi connectivity index (χ4v) is 10.2. The van der Waals surface area contributed by atoms with Gasteiger partial charge in [-0.05, 0) is 139 Å². The molecule has 0 bridgehead atoms. The predicted octanol–water partition coefficient (Wildman–Crippen LogP) is 7.34. The lowest BCUT2D eigenvalue weighted by atomic mass is 10.1. The van der Waals surface area contributed by atoms with Crippen LogP contribution in [-0.4, -0.2) is 314 Å². The SMILES string of the molecule is CC(=O)N1CCN(C(C)C)CC1.CC(C)C(=O)N1CCN(C(C)C)CC1.CC(C)N1CCN(C(=O)OC(C)(C)C)C(C)C1.CC(C)N1CCN(C(=O)OC(C)(C)C)CC1.CC(C)N1CCN(C)CC1.COCCN1CCN(C(C)C)CC1. The van der Waals surface area contributed by atoms with E-state index in [1.165, 1.54) is 52.4 Å². The lowest BCUT2D eigenvalue weighted by molar-refractivity contribution is -0.136. The summed E-state index contributed by atoms with van der Waals surface area (Å²) < 4.78 is 15.8. The van der Waals surface area contributed by atoms with E-state index in [2.05, 4.69) is 136 Å². The van der Waals surface area contributed by atoms with Crippen LogP contribution in [0.15, 0.2) is 0 Å². The van der Waals surface area contributed by atoms with Gasteiger partial charge in [-0.1, -0.05) is 13.8 Å². The van der Waals surface area contributed by atoms with E-state index in [0.717, 1.165) is 117 Å². The van der Waals surface area contributed by atoms with Crippen molar-refractivity contribution in [3.8, 4) is 0 Å². The molecule has 6 aliphatic rings. The number of ether oxygens (including phenoxy) is 3. The van der Waals surface area contributed by atoms with Crippen LogP contribution in [0.1, 0.15) is 152 Å². The largest absolute Gasteiger partial charge is 0.444 e. The zero-order valence-corrected chi connectivity index (χ0v) is 57.5. The normalized spacial score (nSPS) is 21.0. The summed E-state index contributed by atoms with van der Waals surface area (Å²) in [6, 6.07) is 3.96. The molecule has 6 fully saturated rings. The fraction of sp³-hybridized carbons (Fsp3) is 0.937. The highest BCUT2D eigenvalue weighted by Gasteiger charge is 2.32. The van der Waals surface area contributed by atoms with E-state index in [9.17, 15) is 19.2 Å². The number of methoxy groups -OCH3 is 1. The smallest absolute Gasteiger partial charge is 0.410 e. The number of hydrogen-bond acceptors (Lipinski definition) is 15. The number of amides is 4. The summed E-state index contributed by atoms with van der Waals surface area (Å²) in [5.41, 5.74) is -0.807. The molecule has 484 valence electrons. The van der Waals surface area contributed by atoms with Crippen LogP contribution in [0, 0.1) is 5.92 Å². The summed E-state index contributed by atoms with van der Waals surface area (Å²) >= 11 is 0. The van der Waals surface area contributed by atoms with Gasteiger partial charge in [0.05, 0.1) is 6.61 Å². The minimum absolute atomic E-state index is 0.139. The van der Waals surface area contributed by atoms with Crippen LogP contribution >= 0.6 is 0 Å². The highest BCUT2D eigenvalue weighted by Crippen LogP contribution is 2.18. The van der Waals surface area contributed by atoms with Crippen molar-refractivity contribution in [3.63, 3.8) is 0 Å². The van der Waals surface area contributed by atoms with Crippen molar-refractivity contribution in [1.82, 2.24) is 58.8 Å². The standard InChI is InChI=1S/C13H26N2O2.C12H24N2O2.C11H22N2O.C10H22N2O.C9H18N2O.C8H18N2/c1-10(2)14-7-8-15(11(3)9-14)12(16)17-13(4,5)6;1-10(2)13-6-8-14(9-7-13)11(15)16-12(3,4)5;1-9(2)11(14)13-7-5-12(6-8-13)10(3)4;1-10(2)12-6-4-11(5-7-12)8-9-13-3;1-8(2)10-4-6-11(7-5-10)9(3)12;1-8(2)10-6-4-9(3)5-7-10/h10-11H,7-9H2,1-6H3;10H,6-9H2,1-5H3;9-10H,5-8H2,1-4H3;10H,4-9H2,1-3H3;8H,4-7H2,1-3H3;8H,4-7H2,1-3H3. The molecule has 0 saturated carbocycles. The molecule has 4 amide bonds. The first-order valence-corrected chi connectivity index (χ1v) is 31.9. The van der Waals surface area contributed by atoms with Gasteiger partial charge in [-0.15, -0.1) is 0 Å². The Labute approximate surface area is 503 Å². The van der Waals surface area contributed by atoms with Crippen molar-refractivity contribution >= 4 is 24.0 Å². The first-order valence-electron chi connectivity index (χ1n) is 31.9. The second-order valence-electron chi connectivity index (χ2n) is 27.4. The second kappa shape index (κ2) is 39.0.